The first-order valence-electron chi connectivity index (χ1n) is 8.35. The van der Waals surface area contributed by atoms with Gasteiger partial charge in [0.2, 0.25) is 5.95 Å². The Kier molecular flexibility index (Phi) is 6.52. The van der Waals surface area contributed by atoms with Crippen molar-refractivity contribution in [1.82, 2.24) is 20.2 Å². The van der Waals surface area contributed by atoms with Gasteiger partial charge in [0.1, 0.15) is 6.61 Å². The smallest absolute Gasteiger partial charge is 0.243 e. The second-order valence-electron chi connectivity index (χ2n) is 5.65. The van der Waals surface area contributed by atoms with Crippen molar-refractivity contribution in [3.8, 4) is 11.5 Å². The van der Waals surface area contributed by atoms with Crippen LogP contribution in [0.5, 0.6) is 11.5 Å². The molecule has 0 aliphatic heterocycles. The van der Waals surface area contributed by atoms with Crippen LogP contribution in [0.2, 0.25) is 5.02 Å². The number of anilines is 1. The molecule has 1 N–H and O–H groups in total. The third kappa shape index (κ3) is 4.70. The number of nitrogens with zero attached hydrogens (tertiary/aromatic N) is 4. The summed E-state index contributed by atoms with van der Waals surface area (Å²) in [6, 6.07) is 11.3. The first-order valence-corrected chi connectivity index (χ1v) is 9.52. The Bertz CT molecular complexity index is 919. The molecule has 0 atom stereocenters. The maximum atomic E-state index is 6.10. The summed E-state index contributed by atoms with van der Waals surface area (Å²) in [5.41, 5.74) is 1.88. The van der Waals surface area contributed by atoms with E-state index in [9.17, 15) is 0 Å². The molecular formula is C18H19BrClN5O2. The Morgan fingerprint density at radius 3 is 2.85 bits per heavy atom. The van der Waals surface area contributed by atoms with Gasteiger partial charge < -0.3 is 14.8 Å². The third-order valence-corrected chi connectivity index (χ3v) is 4.89. The van der Waals surface area contributed by atoms with E-state index in [1.165, 1.54) is 0 Å². The van der Waals surface area contributed by atoms with Gasteiger partial charge in [-0.25, -0.2) is 4.68 Å². The normalized spacial score (nSPS) is 10.7. The minimum atomic E-state index is 0.368. The van der Waals surface area contributed by atoms with Crippen molar-refractivity contribution in [2.45, 2.75) is 26.6 Å². The van der Waals surface area contributed by atoms with Gasteiger partial charge in [-0.1, -0.05) is 44.8 Å². The highest BCUT2D eigenvalue weighted by atomic mass is 79.9. The van der Waals surface area contributed by atoms with Gasteiger partial charge in [0, 0.05) is 28.1 Å². The second kappa shape index (κ2) is 9.05. The van der Waals surface area contributed by atoms with Gasteiger partial charge in [0.05, 0.1) is 7.11 Å². The highest BCUT2D eigenvalue weighted by Crippen LogP contribution is 2.37. The molecule has 0 aliphatic rings. The number of aryl methyl sites for hydroxylation is 1. The van der Waals surface area contributed by atoms with E-state index >= 15 is 0 Å². The molecule has 0 saturated carbocycles. The van der Waals surface area contributed by atoms with Gasteiger partial charge in [0.25, 0.3) is 0 Å². The van der Waals surface area contributed by atoms with E-state index in [4.69, 9.17) is 21.1 Å². The number of rotatable bonds is 8. The molecule has 0 bridgehead atoms. The molecule has 0 fully saturated rings. The molecule has 0 unspecified atom stereocenters. The highest BCUT2D eigenvalue weighted by Gasteiger charge is 2.16. The molecule has 27 heavy (non-hydrogen) atoms. The molecule has 1 heterocycles. The van der Waals surface area contributed by atoms with Crippen molar-refractivity contribution < 1.29 is 9.47 Å². The molecule has 142 valence electrons. The number of nitrogens with one attached hydrogen (secondary N) is 1. The average Bonchev–Trinajstić information content (AvgIpc) is 3.13. The van der Waals surface area contributed by atoms with Crippen LogP contribution in [0.1, 0.15) is 18.1 Å². The Morgan fingerprint density at radius 2 is 2.11 bits per heavy atom. The monoisotopic (exact) mass is 451 g/mol. The first-order chi connectivity index (χ1) is 13.1. The fraction of sp³-hybridized carbons (Fsp3) is 0.278. The summed E-state index contributed by atoms with van der Waals surface area (Å²) >= 11 is 9.65. The number of halogens is 2. The van der Waals surface area contributed by atoms with Crippen molar-refractivity contribution in [2.24, 2.45) is 0 Å². The lowest BCUT2D eigenvalue weighted by Gasteiger charge is -2.17. The van der Waals surface area contributed by atoms with Gasteiger partial charge in [0.15, 0.2) is 11.5 Å². The number of benzene rings is 2. The van der Waals surface area contributed by atoms with E-state index < -0.39 is 0 Å². The van der Waals surface area contributed by atoms with Crippen LogP contribution in [0.25, 0.3) is 0 Å². The number of aromatic nitrogens is 4. The molecule has 0 radical (unpaired) electrons. The van der Waals surface area contributed by atoms with Gasteiger partial charge in [-0.2, -0.15) is 0 Å². The summed E-state index contributed by atoms with van der Waals surface area (Å²) in [5.74, 6) is 1.88. The molecule has 0 aliphatic carbocycles. The van der Waals surface area contributed by atoms with Crippen LogP contribution in [0.3, 0.4) is 0 Å². The molecule has 0 spiro atoms. The van der Waals surface area contributed by atoms with Crippen molar-refractivity contribution in [1.29, 1.82) is 0 Å². The summed E-state index contributed by atoms with van der Waals surface area (Å²) < 4.78 is 14.2. The van der Waals surface area contributed by atoms with E-state index in [1.807, 2.05) is 43.3 Å². The minimum absolute atomic E-state index is 0.368. The molecule has 7 nitrogen and oxygen atoms in total. The number of ether oxygens (including phenoxy) is 2. The number of tetrazole rings is 1. The summed E-state index contributed by atoms with van der Waals surface area (Å²) in [6.07, 6.45) is 0. The fourth-order valence-corrected chi connectivity index (χ4v) is 3.23. The first kappa shape index (κ1) is 19.4. The standard InChI is InChI=1S/C18H19BrClN5O2/c1-3-25-18(22-23-24-25)21-10-14-15(19)7-8-16(26-2)17(14)27-11-12-5-4-6-13(20)9-12/h4-9H,3,10-11H2,1-2H3,(H,21,22,24). The van der Waals surface area contributed by atoms with Gasteiger partial charge in [-0.3, -0.25) is 0 Å². The molecular weight excluding hydrogens is 434 g/mol. The predicted octanol–water partition coefficient (Wildman–Crippen LogP) is 4.31. The van der Waals surface area contributed by atoms with E-state index in [1.54, 1.807) is 11.8 Å². The Morgan fingerprint density at radius 1 is 1.26 bits per heavy atom. The molecule has 3 rings (SSSR count). The molecule has 2 aromatic carbocycles. The van der Waals surface area contributed by atoms with Crippen LogP contribution in [-0.4, -0.2) is 27.3 Å². The Balaban J connectivity index is 1.83. The zero-order chi connectivity index (χ0) is 19.2. The minimum Gasteiger partial charge on any atom is -0.493 e. The van der Waals surface area contributed by atoms with Crippen LogP contribution in [0.15, 0.2) is 40.9 Å². The summed E-state index contributed by atoms with van der Waals surface area (Å²) in [6.45, 7) is 3.48. The SMILES string of the molecule is CCn1nnnc1NCc1c(Br)ccc(OC)c1OCc1cccc(Cl)c1. The molecule has 0 amide bonds. The Hall–Kier alpha value is -2.32. The van der Waals surface area contributed by atoms with Crippen molar-refractivity contribution in [3.63, 3.8) is 0 Å². The highest BCUT2D eigenvalue weighted by molar-refractivity contribution is 9.10. The van der Waals surface area contributed by atoms with Gasteiger partial charge in [-0.05, 0) is 47.2 Å². The van der Waals surface area contributed by atoms with Gasteiger partial charge in [-0.15, -0.1) is 0 Å². The second-order valence-corrected chi connectivity index (χ2v) is 6.94. The maximum absolute atomic E-state index is 6.10. The van der Waals surface area contributed by atoms with E-state index in [0.29, 0.717) is 42.2 Å². The molecule has 0 saturated heterocycles. The van der Waals surface area contributed by atoms with Crippen LogP contribution in [0, 0.1) is 0 Å². The van der Waals surface area contributed by atoms with Crippen molar-refractivity contribution in [2.75, 3.05) is 12.4 Å². The zero-order valence-electron chi connectivity index (χ0n) is 14.9. The lowest BCUT2D eigenvalue weighted by Crippen LogP contribution is -2.10. The van der Waals surface area contributed by atoms with Gasteiger partial charge >= 0.3 is 0 Å². The molecule has 3 aromatic rings. The largest absolute Gasteiger partial charge is 0.493 e. The summed E-state index contributed by atoms with van der Waals surface area (Å²) in [4.78, 5) is 0. The van der Waals surface area contributed by atoms with Crippen LogP contribution in [0.4, 0.5) is 5.95 Å². The maximum Gasteiger partial charge on any atom is 0.243 e. The molecule has 9 heteroatoms. The van der Waals surface area contributed by atoms with Crippen LogP contribution in [-0.2, 0) is 19.7 Å². The van der Waals surface area contributed by atoms with E-state index in [2.05, 4.69) is 36.8 Å². The Labute approximate surface area is 170 Å². The zero-order valence-corrected chi connectivity index (χ0v) is 17.3. The summed E-state index contributed by atoms with van der Waals surface area (Å²) in [7, 11) is 1.62. The number of hydrogen-bond donors (Lipinski definition) is 1. The van der Waals surface area contributed by atoms with Crippen molar-refractivity contribution >= 4 is 33.5 Å². The molecule has 1 aromatic heterocycles. The number of hydrogen-bond acceptors (Lipinski definition) is 6. The lowest BCUT2D eigenvalue weighted by atomic mass is 10.1. The van der Waals surface area contributed by atoms with E-state index in [0.717, 1.165) is 15.6 Å². The summed E-state index contributed by atoms with van der Waals surface area (Å²) in [5, 5.41) is 15.5. The fourth-order valence-electron chi connectivity index (χ4n) is 2.56. The topological polar surface area (TPSA) is 74.1 Å². The third-order valence-electron chi connectivity index (χ3n) is 3.91. The average molecular weight is 453 g/mol. The predicted molar refractivity (Wildman–Crippen MR) is 107 cm³/mol. The quantitative estimate of drug-likeness (QED) is 0.549. The van der Waals surface area contributed by atoms with Crippen LogP contribution >= 0.6 is 27.5 Å². The lowest BCUT2D eigenvalue weighted by molar-refractivity contribution is 0.281. The van der Waals surface area contributed by atoms with E-state index in [-0.39, 0.29) is 0 Å². The van der Waals surface area contributed by atoms with Crippen LogP contribution < -0.4 is 14.8 Å². The number of methoxy groups -OCH3 is 1. The van der Waals surface area contributed by atoms with Crippen molar-refractivity contribution in [3.05, 3.63) is 57.0 Å².